The molecule has 8 nitrogen and oxygen atoms in total. The van der Waals surface area contributed by atoms with Gasteiger partial charge in [0.25, 0.3) is 0 Å². The van der Waals surface area contributed by atoms with E-state index in [0.717, 1.165) is 35.8 Å². The number of hydrogen-bond acceptors (Lipinski definition) is 10. The predicted octanol–water partition coefficient (Wildman–Crippen LogP) is 0.399. The minimum atomic E-state index is -1.93. The molecular weight excluding hydrogens is 380 g/mol. The number of rotatable bonds is 11. The summed E-state index contributed by atoms with van der Waals surface area (Å²) >= 11 is 0. The van der Waals surface area contributed by atoms with Crippen LogP contribution in [0.5, 0.6) is 0 Å². The Bertz CT molecular complexity index is 582. The number of ketones is 2. The Morgan fingerprint density at radius 3 is 1.27 bits per heavy atom. The second kappa shape index (κ2) is 9.91. The zero-order chi connectivity index (χ0) is 20.7. The third kappa shape index (κ3) is 5.44. The van der Waals surface area contributed by atoms with Crippen molar-refractivity contribution >= 4 is 45.1 Å². The van der Waals surface area contributed by atoms with Gasteiger partial charge in [-0.1, -0.05) is 34.7 Å². The molecule has 0 aliphatic carbocycles. The van der Waals surface area contributed by atoms with Crippen molar-refractivity contribution in [1.82, 2.24) is 0 Å². The number of ether oxygens (including phenoxy) is 2. The van der Waals surface area contributed by atoms with Gasteiger partial charge in [0.1, 0.15) is 0 Å². The van der Waals surface area contributed by atoms with Crippen LogP contribution in [0.4, 0.5) is 0 Å². The van der Waals surface area contributed by atoms with E-state index in [-0.39, 0.29) is 22.7 Å². The number of Topliss-reactive ketones (excluding diaryl/α,β-unsaturated/α-hetero) is 2. The number of methoxy groups -OCH3 is 2. The van der Waals surface area contributed by atoms with Crippen LogP contribution in [0.15, 0.2) is 24.3 Å². The van der Waals surface area contributed by atoms with Crippen LogP contribution in [0, 0.1) is 0 Å². The molecule has 0 radical (unpaired) electrons. The molecule has 0 fully saturated rings. The summed E-state index contributed by atoms with van der Waals surface area (Å²) in [5, 5.41) is 0. The van der Waals surface area contributed by atoms with Gasteiger partial charge in [0.15, 0.2) is 22.6 Å². The quantitative estimate of drug-likeness (QED) is 0.163. The summed E-state index contributed by atoms with van der Waals surface area (Å²) in [4.78, 5) is 48.2. The Morgan fingerprint density at radius 2 is 1.08 bits per heavy atom. The van der Waals surface area contributed by atoms with Crippen LogP contribution in [0.1, 0.15) is 13.8 Å². The van der Waals surface area contributed by atoms with Crippen molar-refractivity contribution in [3.63, 3.8) is 0 Å². The average molecular weight is 405 g/mol. The summed E-state index contributed by atoms with van der Waals surface area (Å²) < 4.78 is 9.19. The molecule has 0 aliphatic rings. The smallest absolute Gasteiger partial charge is 0.334 e. The second-order valence-electron chi connectivity index (χ2n) is 5.67. The second-order valence-corrected chi connectivity index (χ2v) is 8.13. The van der Waals surface area contributed by atoms with Gasteiger partial charge in [-0.25, -0.2) is 9.59 Å². The molecule has 4 N–H and O–H groups in total. The highest BCUT2D eigenvalue weighted by Crippen LogP contribution is 2.30. The molecule has 0 bridgehead atoms. The molecule has 146 valence electrons. The maximum Gasteiger partial charge on any atom is 0.334 e. The third-order valence-electron chi connectivity index (χ3n) is 3.34. The molecule has 10 heteroatoms. The van der Waals surface area contributed by atoms with E-state index >= 15 is 0 Å². The third-order valence-corrected chi connectivity index (χ3v) is 5.86. The van der Waals surface area contributed by atoms with E-state index in [9.17, 15) is 19.2 Å². The molecule has 26 heavy (non-hydrogen) atoms. The molecule has 0 aromatic heterocycles. The van der Waals surface area contributed by atoms with Crippen LogP contribution >= 0.6 is 21.6 Å². The topological polar surface area (TPSA) is 139 Å². The lowest BCUT2D eigenvalue weighted by molar-refractivity contribution is -0.150. The van der Waals surface area contributed by atoms with Crippen LogP contribution in [0.2, 0.25) is 0 Å². The Hall–Kier alpha value is -1.62. The van der Waals surface area contributed by atoms with E-state index in [2.05, 4.69) is 22.6 Å². The molecule has 0 saturated carbocycles. The van der Waals surface area contributed by atoms with Crippen LogP contribution < -0.4 is 11.5 Å². The maximum absolute atomic E-state index is 12.2. The van der Waals surface area contributed by atoms with Gasteiger partial charge in [-0.2, -0.15) is 0 Å². The Balaban J connectivity index is 5.21. The van der Waals surface area contributed by atoms with Gasteiger partial charge >= 0.3 is 11.9 Å². The lowest BCUT2D eigenvalue weighted by Gasteiger charge is -2.26. The van der Waals surface area contributed by atoms with E-state index in [1.165, 1.54) is 13.8 Å². The van der Waals surface area contributed by atoms with Crippen molar-refractivity contribution in [1.29, 1.82) is 0 Å². The fourth-order valence-electron chi connectivity index (χ4n) is 1.83. The number of hydrogen-bond donors (Lipinski definition) is 2. The summed E-state index contributed by atoms with van der Waals surface area (Å²) in [5.41, 5.74) is 8.17. The van der Waals surface area contributed by atoms with E-state index in [0.29, 0.717) is 0 Å². The summed E-state index contributed by atoms with van der Waals surface area (Å²) in [6.45, 7) is 9.84. The zero-order valence-electron chi connectivity index (χ0n) is 15.2. The Kier molecular flexibility index (Phi) is 9.29. The summed E-state index contributed by atoms with van der Waals surface area (Å²) in [5.74, 6) is -3.50. The molecule has 0 aromatic carbocycles. The van der Waals surface area contributed by atoms with Crippen molar-refractivity contribution in [3.05, 3.63) is 24.3 Å². The lowest BCUT2D eigenvalue weighted by Crippen LogP contribution is -2.58. The number of carbonyl (C=O) groups excluding carboxylic acids is 4. The maximum atomic E-state index is 12.2. The minimum absolute atomic E-state index is 0.101. The molecule has 0 aromatic rings. The number of esters is 2. The van der Waals surface area contributed by atoms with E-state index in [1.807, 2.05) is 0 Å². The highest BCUT2D eigenvalue weighted by molar-refractivity contribution is 8.76. The van der Waals surface area contributed by atoms with Gasteiger partial charge in [-0.3, -0.25) is 9.59 Å². The first-order valence-corrected chi connectivity index (χ1v) is 9.76. The molecule has 2 atom stereocenters. The summed E-state index contributed by atoms with van der Waals surface area (Å²) in [7, 11) is 4.21. The first-order valence-electron chi connectivity index (χ1n) is 7.28. The van der Waals surface area contributed by atoms with Crippen LogP contribution in [-0.4, -0.2) is 60.3 Å². The van der Waals surface area contributed by atoms with Crippen molar-refractivity contribution < 1.29 is 28.7 Å². The SMILES string of the molecule is C=C(C)C(=O)[C@](N)(CSSC[C@](N)(C(=O)OC)C(=O)C(=C)C)C(=O)OC. The lowest BCUT2D eigenvalue weighted by atomic mass is 9.93. The van der Waals surface area contributed by atoms with Crippen molar-refractivity contribution in [2.24, 2.45) is 11.5 Å². The fraction of sp³-hybridized carbons (Fsp3) is 0.500. The fourth-order valence-corrected chi connectivity index (χ4v) is 4.48. The van der Waals surface area contributed by atoms with Gasteiger partial charge in [-0.05, 0) is 25.0 Å². The molecule has 0 amide bonds. The van der Waals surface area contributed by atoms with Crippen LogP contribution in [0.3, 0.4) is 0 Å². The monoisotopic (exact) mass is 404 g/mol. The van der Waals surface area contributed by atoms with E-state index in [1.54, 1.807) is 0 Å². The normalized spacial score (nSPS) is 15.2. The Morgan fingerprint density at radius 1 is 0.808 bits per heavy atom. The number of carbonyl (C=O) groups is 4. The molecule has 0 unspecified atom stereocenters. The molecule has 0 rings (SSSR count). The Labute approximate surface area is 160 Å². The van der Waals surface area contributed by atoms with Crippen LogP contribution in [-0.2, 0) is 28.7 Å². The largest absolute Gasteiger partial charge is 0.467 e. The first-order chi connectivity index (χ1) is 11.9. The molecule has 0 aliphatic heterocycles. The van der Waals surface area contributed by atoms with E-state index in [4.69, 9.17) is 11.5 Å². The first kappa shape index (κ1) is 24.4. The summed E-state index contributed by atoms with van der Waals surface area (Å²) in [6, 6.07) is 0. The van der Waals surface area contributed by atoms with Gasteiger partial charge in [0.2, 0.25) is 0 Å². The minimum Gasteiger partial charge on any atom is -0.467 e. The molecule has 0 heterocycles. The highest BCUT2D eigenvalue weighted by atomic mass is 33.1. The van der Waals surface area contributed by atoms with E-state index < -0.39 is 34.6 Å². The van der Waals surface area contributed by atoms with Crippen molar-refractivity contribution in [2.45, 2.75) is 24.9 Å². The highest BCUT2D eigenvalue weighted by Gasteiger charge is 2.45. The standard InChI is InChI=1S/C16H24N2O6S2/c1-9(2)11(19)15(17,13(21)23-5)7-25-26-8-16(18,14(22)24-6)12(20)10(3)4/h1,3,7-8,17-18H2,2,4-6H3/t15-,16-/m1/s1. The van der Waals surface area contributed by atoms with Crippen LogP contribution in [0.25, 0.3) is 0 Å². The van der Waals surface area contributed by atoms with Gasteiger partial charge in [0, 0.05) is 11.5 Å². The summed E-state index contributed by atoms with van der Waals surface area (Å²) in [6.07, 6.45) is 0. The van der Waals surface area contributed by atoms with Gasteiger partial charge < -0.3 is 20.9 Å². The zero-order valence-corrected chi connectivity index (χ0v) is 16.9. The van der Waals surface area contributed by atoms with Gasteiger partial charge in [0.05, 0.1) is 14.2 Å². The molecular formula is C16H24N2O6S2. The van der Waals surface area contributed by atoms with Crippen molar-refractivity contribution in [3.8, 4) is 0 Å². The molecule has 0 saturated heterocycles. The molecule has 0 spiro atoms. The predicted molar refractivity (Wildman–Crippen MR) is 102 cm³/mol. The number of nitrogens with two attached hydrogens (primary N) is 2. The average Bonchev–Trinajstić information content (AvgIpc) is 2.61. The van der Waals surface area contributed by atoms with Gasteiger partial charge in [-0.15, -0.1) is 0 Å². The van der Waals surface area contributed by atoms with Crippen molar-refractivity contribution in [2.75, 3.05) is 25.7 Å².